The molecule has 0 bridgehead atoms. The van der Waals surface area contributed by atoms with Crippen molar-refractivity contribution in [2.24, 2.45) is 16.8 Å². The van der Waals surface area contributed by atoms with Crippen molar-refractivity contribution < 1.29 is 27.9 Å². The second-order valence-corrected chi connectivity index (χ2v) is 16.9. The molecular weight excluding hydrogens is 783 g/mol. The number of ether oxygens (including phenoxy) is 1. The van der Waals surface area contributed by atoms with E-state index in [2.05, 4.69) is 18.1 Å². The Balaban J connectivity index is 1.07. The van der Waals surface area contributed by atoms with Crippen molar-refractivity contribution in [3.63, 3.8) is 0 Å². The molecule has 2 fully saturated rings. The van der Waals surface area contributed by atoms with Gasteiger partial charge in [0, 0.05) is 43.1 Å². The first-order valence-electron chi connectivity index (χ1n) is 17.3. The van der Waals surface area contributed by atoms with Crippen molar-refractivity contribution >= 4 is 139 Å². The number of Topliss-reactive ketones (excluding diaryl/α,β-unsaturated/α-hetero) is 2. The second-order valence-electron chi connectivity index (χ2n) is 13.7. The lowest BCUT2D eigenvalue weighted by Crippen LogP contribution is -2.35. The van der Waals surface area contributed by atoms with Gasteiger partial charge in [0.1, 0.15) is 41.0 Å². The van der Waals surface area contributed by atoms with Gasteiger partial charge >= 0.3 is 6.09 Å². The summed E-state index contributed by atoms with van der Waals surface area (Å²) in [6, 6.07) is 23.3. The lowest BCUT2D eigenvalue weighted by Gasteiger charge is -2.27. The summed E-state index contributed by atoms with van der Waals surface area (Å²) >= 11 is 5.19. The molecule has 4 atom stereocenters. The first kappa shape index (κ1) is 33.0. The van der Waals surface area contributed by atoms with Gasteiger partial charge in [0.25, 0.3) is 0 Å². The number of nitrogens with zero attached hydrogens (tertiary/aromatic N) is 6. The fraction of sp³-hybridized carbons (Fsp3) is 0.179. The number of hydrogen-bond acceptors (Lipinski definition) is 13. The van der Waals surface area contributed by atoms with Crippen LogP contribution in [0.15, 0.2) is 77.8 Å². The summed E-state index contributed by atoms with van der Waals surface area (Å²) in [5, 5.41) is 2.34. The van der Waals surface area contributed by atoms with Crippen LogP contribution in [-0.2, 0) is 20.9 Å². The smallest absolute Gasteiger partial charge is 0.419 e. The van der Waals surface area contributed by atoms with Gasteiger partial charge in [-0.05, 0) is 42.7 Å². The lowest BCUT2D eigenvalue weighted by atomic mass is 9.79. The van der Waals surface area contributed by atoms with Crippen LogP contribution in [0.3, 0.4) is 0 Å². The first-order chi connectivity index (χ1) is 26.8. The Bertz CT molecular complexity index is 3120. The molecule has 0 radical (unpaired) electrons. The summed E-state index contributed by atoms with van der Waals surface area (Å²) < 4.78 is 57.5. The molecule has 0 N–H and O–H groups in total. The molecule has 11 rings (SSSR count). The quantitative estimate of drug-likeness (QED) is 0.172. The third kappa shape index (κ3) is 4.91. The zero-order valence-corrected chi connectivity index (χ0v) is 31.3. The molecule has 9 aromatic rings. The zero-order chi connectivity index (χ0) is 37.1. The van der Waals surface area contributed by atoms with Gasteiger partial charge in [0.05, 0.1) is 49.6 Å². The average Bonchev–Trinajstić information content (AvgIpc) is 4.05. The van der Waals surface area contributed by atoms with Crippen LogP contribution in [0.25, 0.3) is 73.8 Å². The Labute approximate surface area is 324 Å². The number of benzene rings is 4. The van der Waals surface area contributed by atoms with Gasteiger partial charge in [0.15, 0.2) is 17.3 Å². The Kier molecular flexibility index (Phi) is 7.37. The van der Waals surface area contributed by atoms with Crippen LogP contribution in [0.4, 0.5) is 19.3 Å². The summed E-state index contributed by atoms with van der Waals surface area (Å²) in [5.41, 5.74) is 5.22. The Morgan fingerprint density at radius 3 is 2.18 bits per heavy atom. The highest BCUT2D eigenvalue weighted by molar-refractivity contribution is 7.32. The number of ketones is 2. The molecule has 2 aliphatic rings. The fourth-order valence-electron chi connectivity index (χ4n) is 8.05. The maximum atomic E-state index is 14.3. The van der Waals surface area contributed by atoms with Gasteiger partial charge < -0.3 is 4.74 Å². The van der Waals surface area contributed by atoms with E-state index in [0.717, 1.165) is 75.4 Å². The van der Waals surface area contributed by atoms with E-state index in [1.807, 2.05) is 66.7 Å². The van der Waals surface area contributed by atoms with E-state index in [4.69, 9.17) is 9.11 Å². The largest absolute Gasteiger partial charge is 0.444 e. The number of halogens is 2. The molecular formula is C39H22F2N6O4S4. The van der Waals surface area contributed by atoms with E-state index in [9.17, 15) is 23.2 Å². The van der Waals surface area contributed by atoms with Crippen LogP contribution in [0.2, 0.25) is 0 Å². The molecule has 5 heterocycles. The number of thiophene rings is 2. The number of fused-ring (bicyclic) bond motifs is 11. The third-order valence-electron chi connectivity index (χ3n) is 10.7. The lowest BCUT2D eigenvalue weighted by molar-refractivity contribution is -0.123. The normalized spacial score (nSPS) is 20.2. The minimum Gasteiger partial charge on any atom is -0.444 e. The molecule has 2 saturated carbocycles. The number of alkyl halides is 2. The second kappa shape index (κ2) is 12.3. The third-order valence-corrected chi connectivity index (χ3v) is 14.2. The number of rotatable bonds is 4. The molecule has 0 spiro atoms. The van der Waals surface area contributed by atoms with Crippen molar-refractivity contribution in [3.8, 4) is 10.4 Å². The van der Waals surface area contributed by atoms with Gasteiger partial charge in [0.2, 0.25) is 0 Å². The number of carbonyl (C=O) groups is 3. The van der Waals surface area contributed by atoms with Gasteiger partial charge in [-0.15, -0.1) is 22.7 Å². The van der Waals surface area contributed by atoms with Crippen LogP contribution >= 0.6 is 46.1 Å². The number of aliphatic imine (C=N–C) groups is 1. The topological polar surface area (TPSA) is 129 Å². The molecule has 2 aliphatic carbocycles. The van der Waals surface area contributed by atoms with E-state index >= 15 is 0 Å². The van der Waals surface area contributed by atoms with Crippen molar-refractivity contribution in [3.05, 3.63) is 78.4 Å². The highest BCUT2D eigenvalue weighted by Gasteiger charge is 2.52. The van der Waals surface area contributed by atoms with Gasteiger partial charge in [-0.1, -0.05) is 48.5 Å². The van der Waals surface area contributed by atoms with Crippen LogP contribution in [-0.4, -0.2) is 57.8 Å². The summed E-state index contributed by atoms with van der Waals surface area (Å²) in [7, 11) is 0. The molecule has 4 unspecified atom stereocenters. The highest BCUT2D eigenvalue weighted by atomic mass is 32.1. The predicted molar refractivity (Wildman–Crippen MR) is 213 cm³/mol. The molecule has 10 nitrogen and oxygen atoms in total. The average molecular weight is 805 g/mol. The fourth-order valence-corrected chi connectivity index (χ4v) is 11.7. The predicted octanol–water partition coefficient (Wildman–Crippen LogP) is 10.0. The maximum absolute atomic E-state index is 14.3. The zero-order valence-electron chi connectivity index (χ0n) is 28.1. The van der Waals surface area contributed by atoms with E-state index in [1.54, 1.807) is 33.3 Å². The van der Waals surface area contributed by atoms with Gasteiger partial charge in [-0.3, -0.25) is 9.59 Å². The van der Waals surface area contributed by atoms with Crippen LogP contribution in [0, 0.1) is 11.8 Å². The molecule has 0 amide bonds. The van der Waals surface area contributed by atoms with Gasteiger partial charge in [-0.25, -0.2) is 23.1 Å². The van der Waals surface area contributed by atoms with Crippen molar-refractivity contribution in [1.29, 1.82) is 0 Å². The van der Waals surface area contributed by atoms with Crippen molar-refractivity contribution in [1.82, 2.24) is 22.1 Å². The molecule has 0 saturated heterocycles. The molecule has 0 aliphatic heterocycles. The first-order valence-corrected chi connectivity index (χ1v) is 20.4. The SMILES string of the molecule is O=C1C(=Nc2cc3c(cc(-c4cc5c(s4)c4sc6ccccc6c4n5C(=O)OCc4ccccc4)c4nsnc43)c3nsnc23)C(=O)C2CC(F)C(F)CC12. The van der Waals surface area contributed by atoms with Crippen molar-refractivity contribution in [2.45, 2.75) is 31.8 Å². The number of aromatic nitrogens is 5. The summed E-state index contributed by atoms with van der Waals surface area (Å²) in [6.45, 7) is 0.126. The van der Waals surface area contributed by atoms with Crippen LogP contribution in [0.5, 0.6) is 0 Å². The minimum atomic E-state index is -1.79. The molecule has 55 heavy (non-hydrogen) atoms. The van der Waals surface area contributed by atoms with E-state index in [1.165, 1.54) is 0 Å². The summed E-state index contributed by atoms with van der Waals surface area (Å²) in [5.74, 6) is -2.98. The monoisotopic (exact) mass is 804 g/mol. The van der Waals surface area contributed by atoms with E-state index in [0.29, 0.717) is 27.5 Å². The number of carbonyl (C=O) groups excluding carboxylic acids is 3. The summed E-state index contributed by atoms with van der Waals surface area (Å²) in [6.07, 6.45) is -4.73. The van der Waals surface area contributed by atoms with Crippen LogP contribution < -0.4 is 0 Å². The highest BCUT2D eigenvalue weighted by Crippen LogP contribution is 2.49. The Morgan fingerprint density at radius 1 is 0.764 bits per heavy atom. The molecule has 16 heteroatoms. The molecule has 5 aromatic heterocycles. The number of hydrogen-bond donors (Lipinski definition) is 0. The van der Waals surface area contributed by atoms with E-state index in [-0.39, 0.29) is 30.8 Å². The van der Waals surface area contributed by atoms with E-state index < -0.39 is 41.8 Å². The molecule has 270 valence electrons. The Hall–Kier alpha value is -5.42. The Morgan fingerprint density at radius 2 is 1.42 bits per heavy atom. The summed E-state index contributed by atoms with van der Waals surface area (Å²) in [4.78, 5) is 46.1. The van der Waals surface area contributed by atoms with Crippen molar-refractivity contribution in [2.75, 3.05) is 0 Å². The van der Waals surface area contributed by atoms with Crippen LogP contribution in [0.1, 0.15) is 18.4 Å². The van der Waals surface area contributed by atoms with Gasteiger partial charge in [-0.2, -0.15) is 17.5 Å². The maximum Gasteiger partial charge on any atom is 0.419 e. The minimum absolute atomic E-state index is 0.126. The standard InChI is InChI=1S/C39H22F2N6O4S4/c40-23-11-20-21(12-24(23)41)36(49)33(35(20)48)42-25-13-19-18(30-32(25)46-55-44-30)10-22(31-29(19)43-54-45-31)28-14-26-37(53-28)38-34(17-8-4-5-9-27(17)52-38)47(26)39(50)51-15-16-6-2-1-3-7-16/h1-10,13-14,20-21,23-24H,11-12,15H2. The molecule has 4 aromatic carbocycles.